The van der Waals surface area contributed by atoms with Gasteiger partial charge in [-0.3, -0.25) is 9.69 Å². The standard InChI is InChI=1S/C19H25N3O2/c1-13(2)12-17(19(23)24)22-10-7-14(8-11-22)16-6-5-15-4-3-9-20-18(15)21-16/h3-6,9,13-14,17H,7-8,10-12H2,1-2H3,(H,23,24). The van der Waals surface area contributed by atoms with Gasteiger partial charge >= 0.3 is 5.97 Å². The molecule has 128 valence electrons. The molecule has 2 aromatic rings. The summed E-state index contributed by atoms with van der Waals surface area (Å²) in [6, 6.07) is 7.74. The monoisotopic (exact) mass is 327 g/mol. The third kappa shape index (κ3) is 3.73. The number of hydrogen-bond acceptors (Lipinski definition) is 4. The number of carboxylic acid groups (broad SMARTS) is 1. The highest BCUT2D eigenvalue weighted by molar-refractivity contribution is 5.74. The summed E-state index contributed by atoms with van der Waals surface area (Å²) in [6.07, 6.45) is 4.38. The molecule has 0 amide bonds. The summed E-state index contributed by atoms with van der Waals surface area (Å²) in [7, 11) is 0. The lowest BCUT2D eigenvalue weighted by molar-refractivity contribution is -0.144. The van der Waals surface area contributed by atoms with Crippen molar-refractivity contribution in [1.29, 1.82) is 0 Å². The lowest BCUT2D eigenvalue weighted by Crippen LogP contribution is -2.46. The summed E-state index contributed by atoms with van der Waals surface area (Å²) >= 11 is 0. The van der Waals surface area contributed by atoms with Gasteiger partial charge in [0.25, 0.3) is 0 Å². The molecular formula is C19H25N3O2. The number of rotatable bonds is 5. The van der Waals surface area contributed by atoms with Gasteiger partial charge in [0.1, 0.15) is 6.04 Å². The molecule has 0 aromatic carbocycles. The molecule has 1 saturated heterocycles. The normalized spacial score (nSPS) is 18.1. The van der Waals surface area contributed by atoms with Crippen molar-refractivity contribution in [2.75, 3.05) is 13.1 Å². The molecule has 1 N–H and O–H groups in total. The van der Waals surface area contributed by atoms with E-state index in [0.717, 1.165) is 42.7 Å². The molecule has 3 rings (SSSR count). The Morgan fingerprint density at radius 3 is 2.71 bits per heavy atom. The molecule has 3 heterocycles. The van der Waals surface area contributed by atoms with Crippen LogP contribution in [0.2, 0.25) is 0 Å². The van der Waals surface area contributed by atoms with Crippen molar-refractivity contribution in [3.05, 3.63) is 36.2 Å². The van der Waals surface area contributed by atoms with Gasteiger partial charge in [-0.1, -0.05) is 13.8 Å². The Morgan fingerprint density at radius 2 is 2.04 bits per heavy atom. The number of aliphatic carboxylic acids is 1. The maximum atomic E-state index is 11.6. The maximum absolute atomic E-state index is 11.6. The molecule has 1 atom stereocenters. The van der Waals surface area contributed by atoms with Crippen LogP contribution in [0.15, 0.2) is 30.5 Å². The van der Waals surface area contributed by atoms with Crippen LogP contribution in [0.25, 0.3) is 11.0 Å². The fourth-order valence-electron chi connectivity index (χ4n) is 3.55. The minimum absolute atomic E-state index is 0.364. The van der Waals surface area contributed by atoms with E-state index in [-0.39, 0.29) is 6.04 Å². The summed E-state index contributed by atoms with van der Waals surface area (Å²) in [5.41, 5.74) is 1.87. The molecule has 0 saturated carbocycles. The summed E-state index contributed by atoms with van der Waals surface area (Å²) in [6.45, 7) is 5.79. The van der Waals surface area contributed by atoms with E-state index in [4.69, 9.17) is 4.98 Å². The molecule has 5 heteroatoms. The highest BCUT2D eigenvalue weighted by Crippen LogP contribution is 2.29. The molecule has 1 aliphatic heterocycles. The van der Waals surface area contributed by atoms with Gasteiger partial charge in [0.05, 0.1) is 0 Å². The largest absolute Gasteiger partial charge is 0.480 e. The smallest absolute Gasteiger partial charge is 0.320 e. The first-order valence-corrected chi connectivity index (χ1v) is 8.73. The second-order valence-electron chi connectivity index (χ2n) is 7.08. The van der Waals surface area contributed by atoms with Gasteiger partial charge in [-0.05, 0) is 62.5 Å². The number of likely N-dealkylation sites (tertiary alicyclic amines) is 1. The van der Waals surface area contributed by atoms with Gasteiger partial charge in [0.15, 0.2) is 5.65 Å². The van der Waals surface area contributed by atoms with Crippen LogP contribution in [0, 0.1) is 5.92 Å². The number of piperidine rings is 1. The number of carbonyl (C=O) groups is 1. The summed E-state index contributed by atoms with van der Waals surface area (Å²) in [5, 5.41) is 10.6. The first kappa shape index (κ1) is 16.8. The predicted molar refractivity (Wildman–Crippen MR) is 94.0 cm³/mol. The molecule has 2 aromatic heterocycles. The zero-order chi connectivity index (χ0) is 17.1. The van der Waals surface area contributed by atoms with Crippen LogP contribution >= 0.6 is 0 Å². The van der Waals surface area contributed by atoms with Crippen molar-refractivity contribution < 1.29 is 9.90 Å². The molecular weight excluding hydrogens is 302 g/mol. The Labute approximate surface area is 142 Å². The minimum Gasteiger partial charge on any atom is -0.480 e. The van der Waals surface area contributed by atoms with Crippen LogP contribution in [-0.4, -0.2) is 45.1 Å². The van der Waals surface area contributed by atoms with E-state index >= 15 is 0 Å². The molecule has 5 nitrogen and oxygen atoms in total. The van der Waals surface area contributed by atoms with Crippen molar-refractivity contribution in [3.8, 4) is 0 Å². The van der Waals surface area contributed by atoms with Crippen molar-refractivity contribution >= 4 is 17.0 Å². The number of aromatic nitrogens is 2. The van der Waals surface area contributed by atoms with Gasteiger partial charge in [-0.2, -0.15) is 0 Å². The average Bonchev–Trinajstić information content (AvgIpc) is 2.59. The molecule has 0 spiro atoms. The average molecular weight is 327 g/mol. The number of fused-ring (bicyclic) bond motifs is 1. The van der Waals surface area contributed by atoms with E-state index < -0.39 is 5.97 Å². The summed E-state index contributed by atoms with van der Waals surface area (Å²) < 4.78 is 0. The first-order chi connectivity index (χ1) is 11.5. The maximum Gasteiger partial charge on any atom is 0.320 e. The fraction of sp³-hybridized carbons (Fsp3) is 0.526. The van der Waals surface area contributed by atoms with Crippen molar-refractivity contribution in [2.24, 2.45) is 5.92 Å². The topological polar surface area (TPSA) is 66.3 Å². The van der Waals surface area contributed by atoms with Crippen LogP contribution in [0.3, 0.4) is 0 Å². The molecule has 0 bridgehead atoms. The van der Waals surface area contributed by atoms with E-state index in [1.807, 2.05) is 12.1 Å². The zero-order valence-corrected chi connectivity index (χ0v) is 14.4. The predicted octanol–water partition coefficient (Wildman–Crippen LogP) is 3.31. The van der Waals surface area contributed by atoms with Crippen molar-refractivity contribution in [1.82, 2.24) is 14.9 Å². The molecule has 0 aliphatic carbocycles. The number of nitrogens with zero attached hydrogens (tertiary/aromatic N) is 3. The number of pyridine rings is 2. The van der Waals surface area contributed by atoms with E-state index in [0.29, 0.717) is 18.3 Å². The third-order valence-corrected chi connectivity index (χ3v) is 4.85. The van der Waals surface area contributed by atoms with Gasteiger partial charge < -0.3 is 5.11 Å². The molecule has 1 fully saturated rings. The lowest BCUT2D eigenvalue weighted by atomic mass is 9.91. The lowest BCUT2D eigenvalue weighted by Gasteiger charge is -2.36. The van der Waals surface area contributed by atoms with E-state index in [1.54, 1.807) is 6.20 Å². The van der Waals surface area contributed by atoms with Crippen LogP contribution in [0.4, 0.5) is 0 Å². The Kier molecular flexibility index (Phi) is 5.09. The van der Waals surface area contributed by atoms with Crippen molar-refractivity contribution in [3.63, 3.8) is 0 Å². The summed E-state index contributed by atoms with van der Waals surface area (Å²) in [5.74, 6) is 0.0772. The summed E-state index contributed by atoms with van der Waals surface area (Å²) in [4.78, 5) is 22.7. The van der Waals surface area contributed by atoms with Crippen molar-refractivity contribution in [2.45, 2.75) is 45.1 Å². The van der Waals surface area contributed by atoms with E-state index in [9.17, 15) is 9.90 Å². The quantitative estimate of drug-likeness (QED) is 0.912. The van der Waals surface area contributed by atoms with E-state index in [2.05, 4.69) is 35.9 Å². The van der Waals surface area contributed by atoms with Gasteiger partial charge in [-0.25, -0.2) is 9.97 Å². The second-order valence-corrected chi connectivity index (χ2v) is 7.08. The van der Waals surface area contributed by atoms with Gasteiger partial charge in [-0.15, -0.1) is 0 Å². The number of carboxylic acids is 1. The SMILES string of the molecule is CC(C)CC(C(=O)O)N1CCC(c2ccc3cccnc3n2)CC1. The van der Waals surface area contributed by atoms with Crippen LogP contribution in [-0.2, 0) is 4.79 Å². The highest BCUT2D eigenvalue weighted by atomic mass is 16.4. The van der Waals surface area contributed by atoms with Crippen LogP contribution < -0.4 is 0 Å². The van der Waals surface area contributed by atoms with Gasteiger partial charge in [0.2, 0.25) is 0 Å². The molecule has 24 heavy (non-hydrogen) atoms. The first-order valence-electron chi connectivity index (χ1n) is 8.73. The minimum atomic E-state index is -0.699. The molecule has 1 unspecified atom stereocenters. The zero-order valence-electron chi connectivity index (χ0n) is 14.4. The van der Waals surface area contributed by atoms with Crippen LogP contribution in [0.1, 0.15) is 44.7 Å². The Morgan fingerprint density at radius 1 is 1.29 bits per heavy atom. The van der Waals surface area contributed by atoms with Crippen LogP contribution in [0.5, 0.6) is 0 Å². The fourth-order valence-corrected chi connectivity index (χ4v) is 3.55. The second kappa shape index (κ2) is 7.26. The Hall–Kier alpha value is -2.01. The van der Waals surface area contributed by atoms with Gasteiger partial charge in [0, 0.05) is 23.2 Å². The number of hydrogen-bond donors (Lipinski definition) is 1. The third-order valence-electron chi connectivity index (χ3n) is 4.85. The molecule has 1 aliphatic rings. The Balaban J connectivity index is 1.68. The van der Waals surface area contributed by atoms with E-state index in [1.165, 1.54) is 0 Å². The highest BCUT2D eigenvalue weighted by Gasteiger charge is 2.30. The Bertz CT molecular complexity index is 709. The molecule has 0 radical (unpaired) electrons.